The molecule has 1 aromatic carbocycles. The van der Waals surface area contributed by atoms with Crippen molar-refractivity contribution in [3.8, 4) is 0 Å². The van der Waals surface area contributed by atoms with Gasteiger partial charge in [-0.3, -0.25) is 9.59 Å². The Morgan fingerprint density at radius 2 is 2.27 bits per heavy atom. The fraction of sp³-hybridized carbons (Fsp3) is 0.375. The second-order valence-corrected chi connectivity index (χ2v) is 5.95. The minimum Gasteiger partial charge on any atom is -0.353 e. The van der Waals surface area contributed by atoms with E-state index in [9.17, 15) is 9.59 Å². The molecule has 1 fully saturated rings. The summed E-state index contributed by atoms with van der Waals surface area (Å²) in [7, 11) is 0. The maximum Gasteiger partial charge on any atom is 0.242 e. The highest BCUT2D eigenvalue weighted by Crippen LogP contribution is 2.20. The smallest absolute Gasteiger partial charge is 0.242 e. The summed E-state index contributed by atoms with van der Waals surface area (Å²) >= 11 is 5.97. The zero-order chi connectivity index (χ0) is 15.5. The lowest BCUT2D eigenvalue weighted by Gasteiger charge is -2.22. The largest absolute Gasteiger partial charge is 0.353 e. The Bertz CT molecular complexity index is 710. The molecule has 0 saturated carbocycles. The summed E-state index contributed by atoms with van der Waals surface area (Å²) in [5.41, 5.74) is 1.09. The lowest BCUT2D eigenvalue weighted by Crippen LogP contribution is -2.49. The summed E-state index contributed by atoms with van der Waals surface area (Å²) in [5, 5.41) is 7.41. The standard InChI is InChI=1S/C16H18ClN3O2/c17-12-4-5-14-11(10-12)6-8-20(14)9-7-18-16(22)13-2-1-3-15(21)19-13/h4-6,8,10,13H,1-3,7,9H2,(H,18,22)(H,19,21)/t13-/m1/s1. The highest BCUT2D eigenvalue weighted by atomic mass is 35.5. The number of fused-ring (bicyclic) bond motifs is 1. The second-order valence-electron chi connectivity index (χ2n) is 5.52. The van der Waals surface area contributed by atoms with Gasteiger partial charge in [-0.2, -0.15) is 0 Å². The van der Waals surface area contributed by atoms with E-state index < -0.39 is 0 Å². The van der Waals surface area contributed by atoms with Gasteiger partial charge in [-0.15, -0.1) is 0 Å². The van der Waals surface area contributed by atoms with E-state index in [1.807, 2.05) is 30.5 Å². The van der Waals surface area contributed by atoms with Crippen LogP contribution in [0.4, 0.5) is 0 Å². The van der Waals surface area contributed by atoms with Crippen molar-refractivity contribution >= 4 is 34.3 Å². The molecule has 2 heterocycles. The quantitative estimate of drug-likeness (QED) is 0.906. The van der Waals surface area contributed by atoms with E-state index in [1.54, 1.807) is 0 Å². The summed E-state index contributed by atoms with van der Waals surface area (Å²) in [6.45, 7) is 1.20. The number of hydrogen-bond donors (Lipinski definition) is 2. The molecule has 2 amide bonds. The number of rotatable bonds is 4. The number of carbonyl (C=O) groups is 2. The van der Waals surface area contributed by atoms with Gasteiger partial charge in [0, 0.05) is 41.6 Å². The van der Waals surface area contributed by atoms with E-state index in [0.717, 1.165) is 17.3 Å². The minimum atomic E-state index is -0.388. The van der Waals surface area contributed by atoms with Gasteiger partial charge in [0.15, 0.2) is 0 Å². The third-order valence-electron chi connectivity index (χ3n) is 3.93. The van der Waals surface area contributed by atoms with Gasteiger partial charge in [0.25, 0.3) is 0 Å². The first kappa shape index (κ1) is 14.9. The number of nitrogens with zero attached hydrogens (tertiary/aromatic N) is 1. The minimum absolute atomic E-state index is 0.0420. The SMILES string of the molecule is O=C1CCC[C@H](C(=O)NCCn2ccc3cc(Cl)ccc32)N1. The van der Waals surface area contributed by atoms with Crippen LogP contribution in [-0.4, -0.2) is 29.0 Å². The number of aromatic nitrogens is 1. The van der Waals surface area contributed by atoms with Crippen molar-refractivity contribution in [1.82, 2.24) is 15.2 Å². The average molecular weight is 320 g/mol. The Hall–Kier alpha value is -2.01. The predicted molar refractivity (Wildman–Crippen MR) is 85.7 cm³/mol. The molecule has 116 valence electrons. The molecule has 0 spiro atoms. The molecule has 1 aliphatic rings. The Morgan fingerprint density at radius 1 is 1.41 bits per heavy atom. The Morgan fingerprint density at radius 3 is 3.09 bits per heavy atom. The van der Waals surface area contributed by atoms with Gasteiger partial charge < -0.3 is 15.2 Å². The van der Waals surface area contributed by atoms with Crippen molar-refractivity contribution in [3.05, 3.63) is 35.5 Å². The normalized spacial score (nSPS) is 18.2. The first-order valence-corrected chi connectivity index (χ1v) is 7.83. The lowest BCUT2D eigenvalue weighted by atomic mass is 10.0. The topological polar surface area (TPSA) is 63.1 Å². The number of benzene rings is 1. The molecule has 1 aliphatic heterocycles. The molecule has 3 rings (SSSR count). The molecule has 1 saturated heterocycles. The molecule has 2 N–H and O–H groups in total. The van der Waals surface area contributed by atoms with E-state index in [4.69, 9.17) is 11.6 Å². The number of carbonyl (C=O) groups excluding carboxylic acids is 2. The van der Waals surface area contributed by atoms with Crippen LogP contribution in [0.3, 0.4) is 0 Å². The van der Waals surface area contributed by atoms with E-state index >= 15 is 0 Å². The van der Waals surface area contributed by atoms with Crippen LogP contribution in [0.2, 0.25) is 5.02 Å². The van der Waals surface area contributed by atoms with Crippen LogP contribution in [-0.2, 0) is 16.1 Å². The zero-order valence-corrected chi connectivity index (χ0v) is 12.9. The van der Waals surface area contributed by atoms with Crippen molar-refractivity contribution in [2.45, 2.75) is 31.8 Å². The molecule has 1 aromatic heterocycles. The predicted octanol–water partition coefficient (Wildman–Crippen LogP) is 2.08. The highest BCUT2D eigenvalue weighted by Gasteiger charge is 2.24. The molecule has 2 aromatic rings. The first-order chi connectivity index (χ1) is 10.6. The molecule has 0 bridgehead atoms. The number of hydrogen-bond acceptors (Lipinski definition) is 2. The Labute approximate surface area is 133 Å². The molecule has 5 nitrogen and oxygen atoms in total. The van der Waals surface area contributed by atoms with Gasteiger partial charge in [-0.25, -0.2) is 0 Å². The second kappa shape index (κ2) is 6.40. The summed E-state index contributed by atoms with van der Waals surface area (Å²) in [6, 6.07) is 7.37. The van der Waals surface area contributed by atoms with Crippen LogP contribution >= 0.6 is 11.6 Å². The van der Waals surface area contributed by atoms with Gasteiger partial charge in [-0.1, -0.05) is 11.6 Å². The Balaban J connectivity index is 1.55. The van der Waals surface area contributed by atoms with E-state index in [0.29, 0.717) is 31.0 Å². The van der Waals surface area contributed by atoms with Crippen molar-refractivity contribution in [3.63, 3.8) is 0 Å². The highest BCUT2D eigenvalue weighted by molar-refractivity contribution is 6.31. The summed E-state index contributed by atoms with van der Waals surface area (Å²) in [5.74, 6) is -0.146. The van der Waals surface area contributed by atoms with Gasteiger partial charge in [-0.05, 0) is 37.1 Å². The average Bonchev–Trinajstić information content (AvgIpc) is 2.89. The Kier molecular flexibility index (Phi) is 4.34. The molecule has 6 heteroatoms. The summed E-state index contributed by atoms with van der Waals surface area (Å²) < 4.78 is 2.07. The number of nitrogens with one attached hydrogen (secondary N) is 2. The molecule has 0 radical (unpaired) electrons. The van der Waals surface area contributed by atoms with Gasteiger partial charge in [0.1, 0.15) is 6.04 Å². The molecule has 1 atom stereocenters. The third kappa shape index (κ3) is 3.25. The van der Waals surface area contributed by atoms with E-state index in [2.05, 4.69) is 15.2 Å². The first-order valence-electron chi connectivity index (χ1n) is 7.45. The van der Waals surface area contributed by atoms with Crippen molar-refractivity contribution in [2.24, 2.45) is 0 Å². The van der Waals surface area contributed by atoms with Crippen LogP contribution in [0.1, 0.15) is 19.3 Å². The zero-order valence-electron chi connectivity index (χ0n) is 12.1. The van der Waals surface area contributed by atoms with Crippen LogP contribution in [0.25, 0.3) is 10.9 Å². The lowest BCUT2D eigenvalue weighted by molar-refractivity contribution is -0.131. The monoisotopic (exact) mass is 319 g/mol. The molecule has 22 heavy (non-hydrogen) atoms. The summed E-state index contributed by atoms with van der Waals surface area (Å²) in [6.07, 6.45) is 3.98. The van der Waals surface area contributed by atoms with Crippen molar-refractivity contribution in [1.29, 1.82) is 0 Å². The molecular weight excluding hydrogens is 302 g/mol. The maximum atomic E-state index is 12.0. The maximum absolute atomic E-state index is 12.0. The van der Waals surface area contributed by atoms with Crippen LogP contribution in [0, 0.1) is 0 Å². The van der Waals surface area contributed by atoms with Crippen molar-refractivity contribution < 1.29 is 9.59 Å². The molecule has 0 unspecified atom stereocenters. The van der Waals surface area contributed by atoms with Crippen LogP contribution in [0.15, 0.2) is 30.5 Å². The third-order valence-corrected chi connectivity index (χ3v) is 4.17. The fourth-order valence-electron chi connectivity index (χ4n) is 2.79. The van der Waals surface area contributed by atoms with Crippen LogP contribution in [0.5, 0.6) is 0 Å². The molecule has 0 aliphatic carbocycles. The summed E-state index contributed by atoms with van der Waals surface area (Å²) in [4.78, 5) is 23.3. The number of halogens is 1. The number of amides is 2. The number of piperidine rings is 1. The van der Waals surface area contributed by atoms with Crippen LogP contribution < -0.4 is 10.6 Å². The van der Waals surface area contributed by atoms with Crippen molar-refractivity contribution in [2.75, 3.05) is 6.54 Å². The van der Waals surface area contributed by atoms with E-state index in [-0.39, 0.29) is 17.9 Å². The van der Waals surface area contributed by atoms with Gasteiger partial charge >= 0.3 is 0 Å². The molecular formula is C16H18ClN3O2. The van der Waals surface area contributed by atoms with E-state index in [1.165, 1.54) is 0 Å². The fourth-order valence-corrected chi connectivity index (χ4v) is 2.97. The van der Waals surface area contributed by atoms with Gasteiger partial charge in [0.2, 0.25) is 11.8 Å². The van der Waals surface area contributed by atoms with Gasteiger partial charge in [0.05, 0.1) is 0 Å².